The molecule has 0 unspecified atom stereocenters. The van der Waals surface area contributed by atoms with Crippen LogP contribution in [0.4, 0.5) is 5.69 Å². The highest BCUT2D eigenvalue weighted by molar-refractivity contribution is 5.91. The maximum Gasteiger partial charge on any atom is 0.273 e. The molecule has 0 bridgehead atoms. The number of carbonyl (C=O) groups excluding carboxylic acids is 1. The maximum atomic E-state index is 11.9. The second-order valence-electron chi connectivity index (χ2n) is 4.54. The largest absolute Gasteiger partial charge is 0.351 e. The van der Waals surface area contributed by atoms with Gasteiger partial charge in [0, 0.05) is 18.7 Å². The highest BCUT2D eigenvalue weighted by atomic mass is 35.5. The summed E-state index contributed by atoms with van der Waals surface area (Å²) in [6.07, 6.45) is 2.24. The lowest BCUT2D eigenvalue weighted by atomic mass is 10.3. The highest BCUT2D eigenvalue weighted by Gasteiger charge is 2.12. The summed E-state index contributed by atoms with van der Waals surface area (Å²) in [5.41, 5.74) is 0.581. The van der Waals surface area contributed by atoms with E-state index in [0.29, 0.717) is 12.2 Å². The van der Waals surface area contributed by atoms with E-state index in [9.17, 15) is 14.9 Å². The molecule has 0 aliphatic rings. The van der Waals surface area contributed by atoms with Crippen LogP contribution in [0.25, 0.3) is 5.69 Å². The molecule has 124 valence electrons. The normalized spacial score (nSPS) is 9.96. The number of nitro groups is 1. The van der Waals surface area contributed by atoms with Gasteiger partial charge in [0.15, 0.2) is 5.69 Å². The van der Waals surface area contributed by atoms with Gasteiger partial charge in [0.25, 0.3) is 11.6 Å². The molecule has 0 aliphatic heterocycles. The summed E-state index contributed by atoms with van der Waals surface area (Å²) in [7, 11) is 1.84. The lowest BCUT2D eigenvalue weighted by Gasteiger charge is -2.02. The van der Waals surface area contributed by atoms with E-state index in [2.05, 4.69) is 20.9 Å². The second-order valence-corrected chi connectivity index (χ2v) is 4.54. The summed E-state index contributed by atoms with van der Waals surface area (Å²) in [6.45, 7) is 1.34. The monoisotopic (exact) mass is 340 g/mol. The number of nitrogens with one attached hydrogen (secondary N) is 2. The van der Waals surface area contributed by atoms with Crippen LogP contribution in [0.5, 0.6) is 0 Å². The van der Waals surface area contributed by atoms with Gasteiger partial charge >= 0.3 is 0 Å². The average Bonchev–Trinajstić information content (AvgIpc) is 3.01. The number of amides is 1. The number of carbonyl (C=O) groups is 1. The molecule has 0 atom stereocenters. The molecule has 2 N–H and O–H groups in total. The third kappa shape index (κ3) is 5.01. The highest BCUT2D eigenvalue weighted by Crippen LogP contribution is 2.15. The van der Waals surface area contributed by atoms with Crippen LogP contribution < -0.4 is 10.6 Å². The predicted octanol–water partition coefficient (Wildman–Crippen LogP) is 0.937. The Bertz CT molecular complexity index is 675. The molecule has 1 amide bonds. The van der Waals surface area contributed by atoms with Crippen LogP contribution in [0.1, 0.15) is 16.9 Å². The fourth-order valence-electron chi connectivity index (χ4n) is 1.80. The number of non-ortho nitro benzene ring substituents is 1. The third-order valence-electron chi connectivity index (χ3n) is 2.92. The van der Waals surface area contributed by atoms with Crippen LogP contribution in [0.3, 0.4) is 0 Å². The topological polar surface area (TPSA) is 115 Å². The van der Waals surface area contributed by atoms with Crippen LogP contribution in [0.2, 0.25) is 0 Å². The lowest BCUT2D eigenvalue weighted by molar-refractivity contribution is -0.384. The predicted molar refractivity (Wildman–Crippen MR) is 86.1 cm³/mol. The number of nitro benzene ring substituents is 1. The number of hydrogen-bond acceptors (Lipinski definition) is 6. The molecule has 0 radical (unpaired) electrons. The van der Waals surface area contributed by atoms with Crippen molar-refractivity contribution in [1.29, 1.82) is 0 Å². The number of hydrogen-bond donors (Lipinski definition) is 2. The number of nitrogens with zero attached hydrogens (tertiary/aromatic N) is 4. The minimum Gasteiger partial charge on any atom is -0.351 e. The van der Waals surface area contributed by atoms with Gasteiger partial charge in [-0.2, -0.15) is 0 Å². The molecule has 23 heavy (non-hydrogen) atoms. The SMILES string of the molecule is CNCCCNC(=O)c1cn(-c2cccc([N+](=O)[O-])c2)nn1.Cl. The van der Waals surface area contributed by atoms with E-state index in [1.807, 2.05) is 7.05 Å². The zero-order valence-corrected chi connectivity index (χ0v) is 13.2. The molecule has 1 heterocycles. The fourth-order valence-corrected chi connectivity index (χ4v) is 1.80. The average molecular weight is 341 g/mol. The van der Waals surface area contributed by atoms with Crippen LogP contribution in [-0.2, 0) is 0 Å². The zero-order chi connectivity index (χ0) is 15.9. The van der Waals surface area contributed by atoms with Crippen LogP contribution in [-0.4, -0.2) is 46.0 Å². The molecule has 0 saturated carbocycles. The van der Waals surface area contributed by atoms with E-state index in [4.69, 9.17) is 0 Å². The van der Waals surface area contributed by atoms with E-state index in [1.54, 1.807) is 12.1 Å². The molecule has 0 fully saturated rings. The summed E-state index contributed by atoms with van der Waals surface area (Å²) >= 11 is 0. The summed E-state index contributed by atoms with van der Waals surface area (Å²) in [5.74, 6) is -0.326. The van der Waals surface area contributed by atoms with Gasteiger partial charge < -0.3 is 10.6 Å². The van der Waals surface area contributed by atoms with Crippen LogP contribution >= 0.6 is 12.4 Å². The molecule has 0 spiro atoms. The minimum absolute atomic E-state index is 0. The standard InChI is InChI=1S/C13H16N6O3.ClH/c1-14-6-3-7-15-13(20)12-9-18(17-16-12)10-4-2-5-11(8-10)19(21)22;/h2,4-5,8-9,14H,3,6-7H2,1H3,(H,15,20);1H. The summed E-state index contributed by atoms with van der Waals surface area (Å²) in [5, 5.41) is 24.1. The Hall–Kier alpha value is -2.52. The van der Waals surface area contributed by atoms with Crippen molar-refractivity contribution in [2.75, 3.05) is 20.1 Å². The molecule has 0 aliphatic carbocycles. The summed E-state index contributed by atoms with van der Waals surface area (Å²) in [4.78, 5) is 22.1. The Labute approximate surface area is 138 Å². The van der Waals surface area contributed by atoms with E-state index in [0.717, 1.165) is 13.0 Å². The second kappa shape index (κ2) is 8.81. The molecule has 0 saturated heterocycles. The number of rotatable bonds is 7. The van der Waals surface area contributed by atoms with Crippen molar-refractivity contribution in [3.63, 3.8) is 0 Å². The minimum atomic E-state index is -0.490. The van der Waals surface area contributed by atoms with Crippen molar-refractivity contribution < 1.29 is 9.72 Å². The van der Waals surface area contributed by atoms with Gasteiger partial charge in [-0.15, -0.1) is 17.5 Å². The summed E-state index contributed by atoms with van der Waals surface area (Å²) < 4.78 is 1.33. The van der Waals surface area contributed by atoms with E-state index >= 15 is 0 Å². The van der Waals surface area contributed by atoms with E-state index in [-0.39, 0.29) is 29.7 Å². The maximum absolute atomic E-state index is 11.9. The lowest BCUT2D eigenvalue weighted by Crippen LogP contribution is -2.26. The fraction of sp³-hybridized carbons (Fsp3) is 0.308. The van der Waals surface area contributed by atoms with Crippen molar-refractivity contribution in [2.45, 2.75) is 6.42 Å². The Balaban J connectivity index is 0.00000264. The molecule has 9 nitrogen and oxygen atoms in total. The van der Waals surface area contributed by atoms with Gasteiger partial charge in [-0.25, -0.2) is 4.68 Å². The van der Waals surface area contributed by atoms with Gasteiger partial charge in [-0.05, 0) is 26.1 Å². The third-order valence-corrected chi connectivity index (χ3v) is 2.92. The smallest absolute Gasteiger partial charge is 0.273 e. The van der Waals surface area contributed by atoms with Crippen molar-refractivity contribution in [1.82, 2.24) is 25.6 Å². The molecule has 2 rings (SSSR count). The van der Waals surface area contributed by atoms with E-state index < -0.39 is 4.92 Å². The van der Waals surface area contributed by atoms with Crippen molar-refractivity contribution >= 4 is 24.0 Å². The van der Waals surface area contributed by atoms with Crippen molar-refractivity contribution in [3.05, 3.63) is 46.3 Å². The Morgan fingerprint density at radius 1 is 1.39 bits per heavy atom. The molecular formula is C13H17ClN6O3. The number of benzene rings is 1. The van der Waals surface area contributed by atoms with Gasteiger partial charge in [-0.3, -0.25) is 14.9 Å². The Kier molecular flexibility index (Phi) is 7.10. The molecule has 10 heteroatoms. The summed E-state index contributed by atoms with van der Waals surface area (Å²) in [6, 6.07) is 5.95. The first kappa shape index (κ1) is 18.5. The Morgan fingerprint density at radius 3 is 2.87 bits per heavy atom. The van der Waals surface area contributed by atoms with Crippen molar-refractivity contribution in [3.8, 4) is 5.69 Å². The molecule has 2 aromatic rings. The van der Waals surface area contributed by atoms with Gasteiger partial charge in [-0.1, -0.05) is 11.3 Å². The molecular weight excluding hydrogens is 324 g/mol. The first-order chi connectivity index (χ1) is 10.6. The van der Waals surface area contributed by atoms with E-state index in [1.165, 1.54) is 23.0 Å². The van der Waals surface area contributed by atoms with Gasteiger partial charge in [0.05, 0.1) is 16.8 Å². The first-order valence-corrected chi connectivity index (χ1v) is 6.72. The first-order valence-electron chi connectivity index (χ1n) is 6.72. The quantitative estimate of drug-likeness (QED) is 0.440. The van der Waals surface area contributed by atoms with Crippen molar-refractivity contribution in [2.24, 2.45) is 0 Å². The number of aromatic nitrogens is 3. The molecule has 1 aromatic carbocycles. The van der Waals surface area contributed by atoms with Crippen LogP contribution in [0, 0.1) is 10.1 Å². The molecule has 1 aromatic heterocycles. The zero-order valence-electron chi connectivity index (χ0n) is 12.4. The van der Waals surface area contributed by atoms with Crippen LogP contribution in [0.15, 0.2) is 30.5 Å². The van der Waals surface area contributed by atoms with Gasteiger partial charge in [0.2, 0.25) is 0 Å². The Morgan fingerprint density at radius 2 is 2.17 bits per heavy atom. The van der Waals surface area contributed by atoms with Gasteiger partial charge in [0.1, 0.15) is 0 Å². The number of halogens is 1.